The predicted molar refractivity (Wildman–Crippen MR) is 81.1 cm³/mol. The van der Waals surface area contributed by atoms with Crippen molar-refractivity contribution in [3.63, 3.8) is 0 Å². The van der Waals surface area contributed by atoms with Gasteiger partial charge < -0.3 is 10.1 Å². The van der Waals surface area contributed by atoms with Gasteiger partial charge in [0.25, 0.3) is 0 Å². The van der Waals surface area contributed by atoms with Gasteiger partial charge in [-0.25, -0.2) is 4.39 Å². The Kier molecular flexibility index (Phi) is 4.93. The van der Waals surface area contributed by atoms with Crippen LogP contribution in [0.1, 0.15) is 17.5 Å². The number of benzene rings is 2. The number of carbonyl (C=O) groups excluding carboxylic acids is 1. The Bertz CT molecular complexity index is 640. The van der Waals surface area contributed by atoms with E-state index in [0.717, 1.165) is 5.56 Å². The molecule has 2 rings (SSSR count). The van der Waals surface area contributed by atoms with Gasteiger partial charge in [-0.05, 0) is 42.7 Å². The molecular weight excluding hydrogens is 269 g/mol. The number of anilines is 1. The average Bonchev–Trinajstić information content (AvgIpc) is 2.47. The van der Waals surface area contributed by atoms with Crippen molar-refractivity contribution in [2.24, 2.45) is 0 Å². The van der Waals surface area contributed by atoms with E-state index in [1.54, 1.807) is 25.3 Å². The fraction of sp³-hybridized carbons (Fsp3) is 0.235. The molecule has 2 aromatic carbocycles. The van der Waals surface area contributed by atoms with Crippen molar-refractivity contribution >= 4 is 11.6 Å². The summed E-state index contributed by atoms with van der Waals surface area (Å²) in [4.78, 5) is 12.0. The molecular formula is C17H18FNO2. The minimum atomic E-state index is -0.279. The highest BCUT2D eigenvalue weighted by atomic mass is 19.1. The third kappa shape index (κ3) is 4.05. The quantitative estimate of drug-likeness (QED) is 0.910. The maximum atomic E-state index is 13.5. The van der Waals surface area contributed by atoms with E-state index in [1.807, 2.05) is 25.1 Å². The topological polar surface area (TPSA) is 38.3 Å². The standard InChI is InChI=1S/C17H18FNO2/c1-12-7-9-16(21-2)15(11-12)19-17(20)10-8-13-5-3-4-6-14(13)18/h3-7,9,11H,8,10H2,1-2H3,(H,19,20). The molecule has 0 saturated heterocycles. The predicted octanol–water partition coefficient (Wildman–Crippen LogP) is 3.71. The first-order valence-electron chi connectivity index (χ1n) is 6.78. The molecule has 0 aromatic heterocycles. The molecule has 0 heterocycles. The van der Waals surface area contributed by atoms with Crippen LogP contribution in [0.15, 0.2) is 42.5 Å². The molecule has 21 heavy (non-hydrogen) atoms. The molecule has 0 bridgehead atoms. The Hall–Kier alpha value is -2.36. The first kappa shape index (κ1) is 15.0. The first-order chi connectivity index (χ1) is 10.1. The molecule has 0 saturated carbocycles. The van der Waals surface area contributed by atoms with Crippen LogP contribution in [0.2, 0.25) is 0 Å². The molecule has 0 unspecified atom stereocenters. The van der Waals surface area contributed by atoms with E-state index in [0.29, 0.717) is 23.4 Å². The van der Waals surface area contributed by atoms with Crippen molar-refractivity contribution in [1.29, 1.82) is 0 Å². The fourth-order valence-electron chi connectivity index (χ4n) is 2.08. The molecule has 0 atom stereocenters. The molecule has 1 amide bonds. The summed E-state index contributed by atoms with van der Waals surface area (Å²) in [6, 6.07) is 12.1. The lowest BCUT2D eigenvalue weighted by Crippen LogP contribution is -2.13. The molecule has 110 valence electrons. The summed E-state index contributed by atoms with van der Waals surface area (Å²) >= 11 is 0. The van der Waals surface area contributed by atoms with E-state index in [4.69, 9.17) is 4.74 Å². The van der Waals surface area contributed by atoms with E-state index in [9.17, 15) is 9.18 Å². The van der Waals surface area contributed by atoms with Crippen LogP contribution >= 0.6 is 0 Å². The van der Waals surface area contributed by atoms with Gasteiger partial charge in [0.1, 0.15) is 11.6 Å². The summed E-state index contributed by atoms with van der Waals surface area (Å²) < 4.78 is 18.7. The average molecular weight is 287 g/mol. The van der Waals surface area contributed by atoms with E-state index in [-0.39, 0.29) is 18.1 Å². The normalized spacial score (nSPS) is 10.2. The number of aryl methyl sites for hydroxylation is 2. The molecule has 2 aromatic rings. The zero-order chi connectivity index (χ0) is 15.2. The van der Waals surface area contributed by atoms with Crippen LogP contribution in [-0.4, -0.2) is 13.0 Å². The summed E-state index contributed by atoms with van der Waals surface area (Å²) in [5, 5.41) is 2.81. The summed E-state index contributed by atoms with van der Waals surface area (Å²) in [5.74, 6) is 0.167. The Morgan fingerprint density at radius 1 is 1.24 bits per heavy atom. The Labute approximate surface area is 123 Å². The lowest BCUT2D eigenvalue weighted by Gasteiger charge is -2.11. The molecule has 0 spiro atoms. The van der Waals surface area contributed by atoms with Crippen LogP contribution in [0.25, 0.3) is 0 Å². The van der Waals surface area contributed by atoms with Crippen LogP contribution in [0.3, 0.4) is 0 Å². The maximum Gasteiger partial charge on any atom is 0.224 e. The number of hydrogen-bond acceptors (Lipinski definition) is 2. The summed E-state index contributed by atoms with van der Waals surface area (Å²) in [6.07, 6.45) is 0.588. The molecule has 0 fully saturated rings. The number of halogens is 1. The van der Waals surface area contributed by atoms with Gasteiger partial charge in [-0.15, -0.1) is 0 Å². The van der Waals surface area contributed by atoms with Gasteiger partial charge in [-0.3, -0.25) is 4.79 Å². The van der Waals surface area contributed by atoms with Crippen LogP contribution in [0.5, 0.6) is 5.75 Å². The summed E-state index contributed by atoms with van der Waals surface area (Å²) in [5.41, 5.74) is 2.21. The summed E-state index contributed by atoms with van der Waals surface area (Å²) in [7, 11) is 1.56. The van der Waals surface area contributed by atoms with Crippen molar-refractivity contribution in [1.82, 2.24) is 0 Å². The van der Waals surface area contributed by atoms with E-state index >= 15 is 0 Å². The van der Waals surface area contributed by atoms with E-state index < -0.39 is 0 Å². The zero-order valence-electron chi connectivity index (χ0n) is 12.2. The number of methoxy groups -OCH3 is 1. The van der Waals surface area contributed by atoms with Crippen LogP contribution in [0.4, 0.5) is 10.1 Å². The number of carbonyl (C=O) groups is 1. The minimum Gasteiger partial charge on any atom is -0.495 e. The second kappa shape index (κ2) is 6.88. The minimum absolute atomic E-state index is 0.165. The number of amides is 1. The molecule has 0 radical (unpaired) electrons. The molecule has 0 aliphatic carbocycles. The highest BCUT2D eigenvalue weighted by Crippen LogP contribution is 2.25. The van der Waals surface area contributed by atoms with Crippen molar-refractivity contribution < 1.29 is 13.9 Å². The Balaban J connectivity index is 1.99. The van der Waals surface area contributed by atoms with Crippen LogP contribution in [0, 0.1) is 12.7 Å². The van der Waals surface area contributed by atoms with Gasteiger partial charge >= 0.3 is 0 Å². The van der Waals surface area contributed by atoms with Gasteiger partial charge in [0.05, 0.1) is 12.8 Å². The third-order valence-corrected chi connectivity index (χ3v) is 3.21. The van der Waals surface area contributed by atoms with Crippen molar-refractivity contribution in [2.75, 3.05) is 12.4 Å². The van der Waals surface area contributed by atoms with Crippen LogP contribution in [-0.2, 0) is 11.2 Å². The second-order valence-corrected chi connectivity index (χ2v) is 4.84. The van der Waals surface area contributed by atoms with Gasteiger partial charge in [-0.2, -0.15) is 0 Å². The smallest absolute Gasteiger partial charge is 0.224 e. The largest absolute Gasteiger partial charge is 0.495 e. The monoisotopic (exact) mass is 287 g/mol. The maximum absolute atomic E-state index is 13.5. The van der Waals surface area contributed by atoms with Crippen LogP contribution < -0.4 is 10.1 Å². The molecule has 1 N–H and O–H groups in total. The van der Waals surface area contributed by atoms with Gasteiger partial charge in [0.15, 0.2) is 0 Å². The number of ether oxygens (including phenoxy) is 1. The second-order valence-electron chi connectivity index (χ2n) is 4.84. The van der Waals surface area contributed by atoms with Gasteiger partial charge in [-0.1, -0.05) is 24.3 Å². The van der Waals surface area contributed by atoms with Crippen molar-refractivity contribution in [3.8, 4) is 5.75 Å². The van der Waals surface area contributed by atoms with E-state index in [2.05, 4.69) is 5.32 Å². The Morgan fingerprint density at radius 2 is 2.00 bits per heavy atom. The molecule has 0 aliphatic heterocycles. The zero-order valence-corrected chi connectivity index (χ0v) is 12.2. The molecule has 0 aliphatic rings. The lowest BCUT2D eigenvalue weighted by atomic mass is 10.1. The fourth-order valence-corrected chi connectivity index (χ4v) is 2.08. The molecule has 4 heteroatoms. The molecule has 3 nitrogen and oxygen atoms in total. The third-order valence-electron chi connectivity index (χ3n) is 3.21. The van der Waals surface area contributed by atoms with Crippen molar-refractivity contribution in [3.05, 3.63) is 59.4 Å². The van der Waals surface area contributed by atoms with Crippen molar-refractivity contribution in [2.45, 2.75) is 19.8 Å². The number of rotatable bonds is 5. The lowest BCUT2D eigenvalue weighted by molar-refractivity contribution is -0.116. The summed E-state index contributed by atoms with van der Waals surface area (Å²) in [6.45, 7) is 1.94. The van der Waals surface area contributed by atoms with E-state index in [1.165, 1.54) is 6.07 Å². The highest BCUT2D eigenvalue weighted by molar-refractivity contribution is 5.92. The first-order valence-corrected chi connectivity index (χ1v) is 6.78. The van der Waals surface area contributed by atoms with Gasteiger partial charge in [0.2, 0.25) is 5.91 Å². The number of hydrogen-bond donors (Lipinski definition) is 1. The SMILES string of the molecule is COc1ccc(C)cc1NC(=O)CCc1ccccc1F. The highest BCUT2D eigenvalue weighted by Gasteiger charge is 2.09. The Morgan fingerprint density at radius 3 is 2.71 bits per heavy atom. The van der Waals surface area contributed by atoms with Gasteiger partial charge in [0, 0.05) is 6.42 Å². The number of nitrogens with one attached hydrogen (secondary N) is 1.